The van der Waals surface area contributed by atoms with Crippen molar-refractivity contribution in [1.82, 2.24) is 9.97 Å². The zero-order valence-electron chi connectivity index (χ0n) is 31.1. The summed E-state index contributed by atoms with van der Waals surface area (Å²) >= 11 is 0. The number of anilines is 2. The molecule has 8 nitrogen and oxygen atoms in total. The highest BCUT2D eigenvalue weighted by atomic mass is 16.5. The minimum absolute atomic E-state index is 0.000745. The van der Waals surface area contributed by atoms with Crippen molar-refractivity contribution in [2.24, 2.45) is 0 Å². The Kier molecular flexibility index (Phi) is 8.26. The van der Waals surface area contributed by atoms with Crippen LogP contribution in [0.3, 0.4) is 0 Å². The van der Waals surface area contributed by atoms with Gasteiger partial charge in [-0.05, 0) is 102 Å². The van der Waals surface area contributed by atoms with E-state index in [1.54, 1.807) is 18.2 Å². The molecule has 0 radical (unpaired) electrons. The van der Waals surface area contributed by atoms with Crippen LogP contribution >= 0.6 is 0 Å². The third-order valence-corrected chi connectivity index (χ3v) is 10.9. The summed E-state index contributed by atoms with van der Waals surface area (Å²) in [6.07, 6.45) is 13.0. The van der Waals surface area contributed by atoms with Gasteiger partial charge in [0, 0.05) is 55.1 Å². The van der Waals surface area contributed by atoms with E-state index in [4.69, 9.17) is 14.1 Å². The Labute approximate surface area is 309 Å². The first-order valence-corrected chi connectivity index (χ1v) is 18.2. The van der Waals surface area contributed by atoms with Gasteiger partial charge in [0.05, 0.1) is 16.6 Å². The van der Waals surface area contributed by atoms with Crippen molar-refractivity contribution in [1.29, 1.82) is 5.26 Å². The van der Waals surface area contributed by atoms with E-state index in [1.165, 1.54) is 11.3 Å². The number of rotatable bonds is 6. The van der Waals surface area contributed by atoms with Crippen molar-refractivity contribution < 1.29 is 9.15 Å². The minimum atomic E-state index is -0.406. The molecular formula is C45H43N5O3. The number of imidazole rings is 1. The Morgan fingerprint density at radius 3 is 2.32 bits per heavy atom. The zero-order valence-corrected chi connectivity index (χ0v) is 31.1. The van der Waals surface area contributed by atoms with Gasteiger partial charge in [0.2, 0.25) is 0 Å². The quantitative estimate of drug-likeness (QED) is 0.139. The predicted molar refractivity (Wildman–Crippen MR) is 215 cm³/mol. The SMILES string of the molecule is CN(C)c1ccc(/C=C/C2=CC(=C(\C#N)c3nc4ccccc4[nH]3)/C=C(/C=C/c3cc4cc5c6c(c4oc3=O)C(C)(C)CCN6CCC5(C)C)O2)cc1. The summed E-state index contributed by atoms with van der Waals surface area (Å²) in [6, 6.07) is 22.4. The summed E-state index contributed by atoms with van der Waals surface area (Å²) in [4.78, 5) is 26.2. The molecule has 0 saturated heterocycles. The van der Waals surface area contributed by atoms with Crippen molar-refractivity contribution in [2.45, 2.75) is 51.4 Å². The number of allylic oxidation sites excluding steroid dienone is 6. The number of benzene rings is 3. The predicted octanol–water partition coefficient (Wildman–Crippen LogP) is 9.41. The number of aromatic nitrogens is 2. The molecule has 8 heteroatoms. The Hall–Kier alpha value is -6.07. The van der Waals surface area contributed by atoms with Crippen molar-refractivity contribution in [2.75, 3.05) is 37.0 Å². The average molecular weight is 702 g/mol. The minimum Gasteiger partial charge on any atom is -0.457 e. The van der Waals surface area contributed by atoms with Crippen LogP contribution in [-0.4, -0.2) is 37.2 Å². The maximum atomic E-state index is 13.7. The molecule has 3 aromatic carbocycles. The first-order valence-electron chi connectivity index (χ1n) is 18.2. The smallest absolute Gasteiger partial charge is 0.343 e. The molecule has 2 aromatic heterocycles. The highest BCUT2D eigenvalue weighted by molar-refractivity contribution is 5.91. The zero-order chi connectivity index (χ0) is 37.1. The Bertz CT molecular complexity index is 2510. The van der Waals surface area contributed by atoms with E-state index in [-0.39, 0.29) is 10.8 Å². The third kappa shape index (κ3) is 6.27. The monoisotopic (exact) mass is 701 g/mol. The topological polar surface area (TPSA) is 98.4 Å². The average Bonchev–Trinajstić information content (AvgIpc) is 3.56. The maximum absolute atomic E-state index is 13.7. The van der Waals surface area contributed by atoms with Gasteiger partial charge in [0.15, 0.2) is 0 Å². The third-order valence-electron chi connectivity index (χ3n) is 10.9. The number of nitrogens with zero attached hydrogens (tertiary/aromatic N) is 4. The summed E-state index contributed by atoms with van der Waals surface area (Å²) in [5, 5.41) is 11.3. The summed E-state index contributed by atoms with van der Waals surface area (Å²) in [5.41, 5.74) is 8.98. The molecule has 1 N–H and O–H groups in total. The molecule has 0 saturated carbocycles. The highest BCUT2D eigenvalue weighted by Gasteiger charge is 2.42. The molecule has 3 aliphatic heterocycles. The fraction of sp³-hybridized carbons (Fsp3) is 0.267. The number of para-hydroxylation sites is 2. The lowest BCUT2D eigenvalue weighted by molar-refractivity contribution is 0.332. The van der Waals surface area contributed by atoms with E-state index in [9.17, 15) is 10.1 Å². The number of nitrogens with one attached hydrogen (secondary N) is 1. The molecule has 0 atom stereocenters. The van der Waals surface area contributed by atoms with Crippen LogP contribution in [0.4, 0.5) is 11.4 Å². The summed E-state index contributed by atoms with van der Waals surface area (Å²) in [6.45, 7) is 11.1. The van der Waals surface area contributed by atoms with Crippen LogP contribution in [0.15, 0.2) is 111 Å². The van der Waals surface area contributed by atoms with Crippen molar-refractivity contribution in [3.05, 3.63) is 141 Å². The second-order valence-electron chi connectivity index (χ2n) is 15.7. The molecule has 3 aliphatic rings. The van der Waals surface area contributed by atoms with Crippen molar-refractivity contribution in [3.8, 4) is 6.07 Å². The van der Waals surface area contributed by atoms with Crippen LogP contribution in [0.5, 0.6) is 0 Å². The van der Waals surface area contributed by atoms with Gasteiger partial charge in [-0.25, -0.2) is 9.78 Å². The Morgan fingerprint density at radius 2 is 1.62 bits per heavy atom. The Morgan fingerprint density at radius 1 is 0.925 bits per heavy atom. The molecule has 0 spiro atoms. The van der Waals surface area contributed by atoms with E-state index in [1.807, 2.05) is 74.8 Å². The fourth-order valence-electron chi connectivity index (χ4n) is 7.69. The molecule has 0 bridgehead atoms. The molecule has 266 valence electrons. The molecule has 53 heavy (non-hydrogen) atoms. The van der Waals surface area contributed by atoms with Gasteiger partial charge in [0.1, 0.15) is 34.6 Å². The van der Waals surface area contributed by atoms with Crippen LogP contribution < -0.4 is 15.4 Å². The van der Waals surface area contributed by atoms with Crippen LogP contribution in [0.2, 0.25) is 0 Å². The number of aromatic amines is 1. The highest BCUT2D eigenvalue weighted by Crippen LogP contribution is 2.51. The first kappa shape index (κ1) is 34.0. The van der Waals surface area contributed by atoms with E-state index in [0.717, 1.165) is 59.2 Å². The first-order chi connectivity index (χ1) is 25.4. The lowest BCUT2D eigenvalue weighted by atomic mass is 9.69. The molecule has 5 aromatic rings. The van der Waals surface area contributed by atoms with Crippen molar-refractivity contribution in [3.63, 3.8) is 0 Å². The van der Waals surface area contributed by atoms with Gasteiger partial charge < -0.3 is 23.9 Å². The van der Waals surface area contributed by atoms with E-state index in [2.05, 4.69) is 66.7 Å². The second kappa shape index (κ2) is 12.9. The summed E-state index contributed by atoms with van der Waals surface area (Å²) in [7, 11) is 4.02. The van der Waals surface area contributed by atoms with Crippen LogP contribution in [0, 0.1) is 11.3 Å². The largest absolute Gasteiger partial charge is 0.457 e. The second-order valence-corrected chi connectivity index (χ2v) is 15.7. The van der Waals surface area contributed by atoms with Gasteiger partial charge in [-0.1, -0.05) is 58.0 Å². The Balaban J connectivity index is 1.20. The number of H-pyrrole nitrogens is 1. The molecular weight excluding hydrogens is 659 g/mol. The summed E-state index contributed by atoms with van der Waals surface area (Å²) in [5.74, 6) is 1.47. The number of ether oxygens (including phenoxy) is 1. The molecule has 0 fully saturated rings. The van der Waals surface area contributed by atoms with Crippen LogP contribution in [0.1, 0.15) is 68.6 Å². The summed E-state index contributed by atoms with van der Waals surface area (Å²) < 4.78 is 12.6. The van der Waals surface area contributed by atoms with Gasteiger partial charge in [-0.15, -0.1) is 0 Å². The maximum Gasteiger partial charge on any atom is 0.343 e. The number of hydrogen-bond acceptors (Lipinski definition) is 7. The molecule has 0 aliphatic carbocycles. The van der Waals surface area contributed by atoms with E-state index >= 15 is 0 Å². The normalized spacial score (nSPS) is 18.5. The van der Waals surface area contributed by atoms with E-state index in [0.29, 0.717) is 39.6 Å². The number of hydrogen-bond donors (Lipinski definition) is 1. The van der Waals surface area contributed by atoms with Crippen LogP contribution in [0.25, 0.3) is 39.7 Å². The van der Waals surface area contributed by atoms with Gasteiger partial charge in [-0.2, -0.15) is 5.26 Å². The fourth-order valence-corrected chi connectivity index (χ4v) is 7.69. The van der Waals surface area contributed by atoms with Gasteiger partial charge >= 0.3 is 5.63 Å². The molecule has 0 unspecified atom stereocenters. The number of nitriles is 1. The van der Waals surface area contributed by atoms with Gasteiger partial charge in [-0.3, -0.25) is 0 Å². The lowest BCUT2D eigenvalue weighted by Crippen LogP contribution is -2.44. The lowest BCUT2D eigenvalue weighted by Gasteiger charge is -2.48. The standard InChI is InChI=1S/C45H43N5O3/c1-44(2)19-21-50-22-20-45(3,4)39-40(50)36(44)26-31-23-29(43(51)53-41(31)39)14-18-34-25-30(35(27-46)42-47-37-9-7-8-10-38(37)48-42)24-33(52-34)17-13-28-11-15-32(16-12-28)49(5)6/h7-18,23-26H,19-22H2,1-6H3,(H,47,48)/b17-13+,18-14+,35-30-. The van der Waals surface area contributed by atoms with E-state index < -0.39 is 5.63 Å². The molecule has 5 heterocycles. The van der Waals surface area contributed by atoms with Crippen molar-refractivity contribution >= 4 is 51.1 Å². The molecule has 8 rings (SSSR count). The van der Waals surface area contributed by atoms with Gasteiger partial charge in [0.25, 0.3) is 0 Å². The number of fused-ring (bicyclic) bond motifs is 3. The van der Waals surface area contributed by atoms with Crippen LogP contribution in [-0.2, 0) is 15.6 Å². The molecule has 0 amide bonds.